The number of alkyl halides is 2. The van der Waals surface area contributed by atoms with Gasteiger partial charge >= 0.3 is 5.69 Å². The Kier molecular flexibility index (Phi) is 4.52. The molecule has 1 aromatic heterocycles. The molecule has 1 aliphatic heterocycles. The Hall–Kier alpha value is -1.62. The molecule has 1 aromatic rings. The molecule has 8 nitrogen and oxygen atoms in total. The molecule has 2 rings (SSSR count). The van der Waals surface area contributed by atoms with E-state index in [2.05, 4.69) is 0 Å². The summed E-state index contributed by atoms with van der Waals surface area (Å²) in [4.78, 5) is 25.0. The van der Waals surface area contributed by atoms with Gasteiger partial charge in [-0.25, -0.2) is 13.6 Å². The fourth-order valence-corrected chi connectivity index (χ4v) is 2.17. The van der Waals surface area contributed by atoms with Crippen LogP contribution >= 0.6 is 0 Å². The number of hydrogen-bond acceptors (Lipinski definition) is 6. The number of nitrogens with zero attached hydrogens (tertiary/aromatic N) is 1. The van der Waals surface area contributed by atoms with Gasteiger partial charge in [-0.1, -0.05) is 0 Å². The maximum absolute atomic E-state index is 12.4. The first-order valence-corrected chi connectivity index (χ1v) is 6.09. The Morgan fingerprint density at radius 3 is 2.52 bits per heavy atom. The van der Waals surface area contributed by atoms with Crippen LogP contribution in [-0.4, -0.2) is 56.2 Å². The SMILES string of the molecule is O=c1[nH]c(=O)n(CC(F)F)cc1[C@@H]1O[C@H](CO)[C@H](O)C1O. The molecule has 0 saturated carbocycles. The van der Waals surface area contributed by atoms with E-state index in [1.54, 1.807) is 0 Å². The summed E-state index contributed by atoms with van der Waals surface area (Å²) >= 11 is 0. The standard InChI is InChI=1S/C11H14F2N2O6/c12-6(13)2-15-1-4(10(19)14-11(15)20)9-8(18)7(17)5(3-16)21-9/h1,5-9,16-18H,2-3H2,(H,14,19,20)/t5-,7+,8?,9+/m1/s1. The van der Waals surface area contributed by atoms with Crippen molar-refractivity contribution in [2.24, 2.45) is 0 Å². The third-order valence-corrected chi connectivity index (χ3v) is 3.22. The lowest BCUT2D eigenvalue weighted by Crippen LogP contribution is -2.36. The topological polar surface area (TPSA) is 125 Å². The summed E-state index contributed by atoms with van der Waals surface area (Å²) in [5, 5.41) is 28.4. The maximum Gasteiger partial charge on any atom is 0.328 e. The molecule has 118 valence electrons. The van der Waals surface area contributed by atoms with Crippen molar-refractivity contribution < 1.29 is 28.8 Å². The molecule has 0 aliphatic carbocycles. The summed E-state index contributed by atoms with van der Waals surface area (Å²) in [6.45, 7) is -1.53. The van der Waals surface area contributed by atoms with E-state index in [0.29, 0.717) is 4.57 Å². The number of ether oxygens (including phenoxy) is 1. The minimum absolute atomic E-state index is 0.280. The lowest BCUT2D eigenvalue weighted by molar-refractivity contribution is -0.0234. The molecule has 1 fully saturated rings. The number of aliphatic hydroxyl groups excluding tert-OH is 3. The molecule has 1 unspecified atom stereocenters. The molecule has 4 N–H and O–H groups in total. The van der Waals surface area contributed by atoms with E-state index < -0.39 is 55.2 Å². The first-order valence-electron chi connectivity index (χ1n) is 6.09. The number of aromatic amines is 1. The van der Waals surface area contributed by atoms with Gasteiger partial charge in [0, 0.05) is 6.20 Å². The average molecular weight is 308 g/mol. The van der Waals surface area contributed by atoms with Gasteiger partial charge in [-0.15, -0.1) is 0 Å². The van der Waals surface area contributed by atoms with E-state index in [-0.39, 0.29) is 5.56 Å². The zero-order chi connectivity index (χ0) is 15.7. The van der Waals surface area contributed by atoms with Crippen molar-refractivity contribution in [3.8, 4) is 0 Å². The number of nitrogens with one attached hydrogen (secondary N) is 1. The molecule has 1 saturated heterocycles. The summed E-state index contributed by atoms with van der Waals surface area (Å²) in [5.74, 6) is 0. The predicted octanol–water partition coefficient (Wildman–Crippen LogP) is -2.04. The molecule has 0 aromatic carbocycles. The van der Waals surface area contributed by atoms with Gasteiger partial charge in [0.25, 0.3) is 12.0 Å². The smallest absolute Gasteiger partial charge is 0.328 e. The highest BCUT2D eigenvalue weighted by Gasteiger charge is 2.44. The van der Waals surface area contributed by atoms with Gasteiger partial charge in [0.15, 0.2) is 0 Å². The summed E-state index contributed by atoms with van der Waals surface area (Å²) in [7, 11) is 0. The summed E-state index contributed by atoms with van der Waals surface area (Å²) in [6.07, 6.45) is -7.36. The third kappa shape index (κ3) is 3.02. The molecule has 0 bridgehead atoms. The molecule has 4 atom stereocenters. The van der Waals surface area contributed by atoms with Gasteiger partial charge in [-0.05, 0) is 0 Å². The van der Waals surface area contributed by atoms with Gasteiger partial charge in [0.2, 0.25) is 0 Å². The van der Waals surface area contributed by atoms with Crippen LogP contribution in [0.25, 0.3) is 0 Å². The van der Waals surface area contributed by atoms with Crippen LogP contribution in [0.2, 0.25) is 0 Å². The van der Waals surface area contributed by atoms with Gasteiger partial charge in [-0.3, -0.25) is 14.3 Å². The van der Waals surface area contributed by atoms with E-state index in [1.165, 1.54) is 0 Å². The molecule has 0 spiro atoms. The highest BCUT2D eigenvalue weighted by Crippen LogP contribution is 2.31. The van der Waals surface area contributed by atoms with Crippen LogP contribution in [0.4, 0.5) is 8.78 Å². The van der Waals surface area contributed by atoms with Crippen molar-refractivity contribution >= 4 is 0 Å². The number of H-pyrrole nitrogens is 1. The minimum atomic E-state index is -2.81. The van der Waals surface area contributed by atoms with Crippen LogP contribution in [0.3, 0.4) is 0 Å². The largest absolute Gasteiger partial charge is 0.394 e. The second-order valence-corrected chi connectivity index (χ2v) is 4.65. The van der Waals surface area contributed by atoms with Crippen molar-refractivity contribution in [1.82, 2.24) is 9.55 Å². The summed E-state index contributed by atoms with van der Waals surface area (Å²) < 4.78 is 30.4. The number of rotatable bonds is 4. The van der Waals surface area contributed by atoms with Crippen LogP contribution in [0, 0.1) is 0 Å². The quantitative estimate of drug-likeness (QED) is 0.508. The van der Waals surface area contributed by atoms with E-state index in [0.717, 1.165) is 6.20 Å². The van der Waals surface area contributed by atoms with Crippen LogP contribution in [0.5, 0.6) is 0 Å². The second-order valence-electron chi connectivity index (χ2n) is 4.65. The maximum atomic E-state index is 12.4. The molecule has 1 aliphatic rings. The van der Waals surface area contributed by atoms with Gasteiger partial charge in [-0.2, -0.15) is 0 Å². The number of hydrogen-bond donors (Lipinski definition) is 4. The molecule has 21 heavy (non-hydrogen) atoms. The third-order valence-electron chi connectivity index (χ3n) is 3.22. The fourth-order valence-electron chi connectivity index (χ4n) is 2.17. The lowest BCUT2D eigenvalue weighted by Gasteiger charge is -2.15. The van der Waals surface area contributed by atoms with Crippen molar-refractivity contribution in [2.45, 2.75) is 37.4 Å². The van der Waals surface area contributed by atoms with Crippen molar-refractivity contribution in [2.75, 3.05) is 6.61 Å². The molecular weight excluding hydrogens is 294 g/mol. The first-order chi connectivity index (χ1) is 9.85. The fraction of sp³-hybridized carbons (Fsp3) is 0.636. The van der Waals surface area contributed by atoms with Crippen molar-refractivity contribution in [3.05, 3.63) is 32.6 Å². The Morgan fingerprint density at radius 2 is 2.00 bits per heavy atom. The Balaban J connectivity index is 2.40. The van der Waals surface area contributed by atoms with Gasteiger partial charge in [0.05, 0.1) is 18.7 Å². The van der Waals surface area contributed by atoms with Crippen LogP contribution < -0.4 is 11.2 Å². The Bertz CT molecular complexity index is 615. The van der Waals surface area contributed by atoms with E-state index >= 15 is 0 Å². The zero-order valence-electron chi connectivity index (χ0n) is 10.6. The predicted molar refractivity (Wildman–Crippen MR) is 64.0 cm³/mol. The monoisotopic (exact) mass is 308 g/mol. The summed E-state index contributed by atoms with van der Waals surface area (Å²) in [5.41, 5.74) is -2.21. The van der Waals surface area contributed by atoms with Gasteiger partial charge < -0.3 is 20.1 Å². The average Bonchev–Trinajstić information content (AvgIpc) is 2.69. The zero-order valence-corrected chi connectivity index (χ0v) is 10.6. The van der Waals surface area contributed by atoms with E-state index in [9.17, 15) is 28.6 Å². The number of aromatic nitrogens is 2. The van der Waals surface area contributed by atoms with Gasteiger partial charge in [0.1, 0.15) is 24.4 Å². The minimum Gasteiger partial charge on any atom is -0.394 e. The first kappa shape index (κ1) is 15.8. The highest BCUT2D eigenvalue weighted by atomic mass is 19.3. The normalized spacial score (nSPS) is 29.2. The molecule has 2 heterocycles. The van der Waals surface area contributed by atoms with Crippen molar-refractivity contribution in [1.29, 1.82) is 0 Å². The molecule has 0 amide bonds. The second kappa shape index (κ2) is 6.02. The Labute approximate surface area is 116 Å². The molecule has 10 heteroatoms. The van der Waals surface area contributed by atoms with Crippen LogP contribution in [-0.2, 0) is 11.3 Å². The summed E-state index contributed by atoms with van der Waals surface area (Å²) in [6, 6.07) is 0. The number of aliphatic hydroxyl groups is 3. The lowest BCUT2D eigenvalue weighted by atomic mass is 10.0. The number of halogens is 2. The van der Waals surface area contributed by atoms with Crippen molar-refractivity contribution in [3.63, 3.8) is 0 Å². The van der Waals surface area contributed by atoms with E-state index in [1.807, 2.05) is 4.98 Å². The Morgan fingerprint density at radius 1 is 1.33 bits per heavy atom. The van der Waals surface area contributed by atoms with E-state index in [4.69, 9.17) is 9.84 Å². The highest BCUT2D eigenvalue weighted by molar-refractivity contribution is 5.14. The van der Waals surface area contributed by atoms with Crippen LogP contribution in [0.15, 0.2) is 15.8 Å². The molecule has 0 radical (unpaired) electrons. The van der Waals surface area contributed by atoms with Crippen LogP contribution in [0.1, 0.15) is 11.7 Å². The molecular formula is C11H14F2N2O6.